The number of benzene rings is 3. The highest BCUT2D eigenvalue weighted by Crippen LogP contribution is 2.36. The number of esters is 1. The summed E-state index contributed by atoms with van der Waals surface area (Å²) < 4.78 is 5.50. The zero-order valence-electron chi connectivity index (χ0n) is 24.0. The second-order valence-corrected chi connectivity index (χ2v) is 11.4. The second kappa shape index (κ2) is 13.4. The Balaban J connectivity index is 1.87. The third-order valence-electron chi connectivity index (χ3n) is 6.40. The van der Waals surface area contributed by atoms with E-state index in [1.807, 2.05) is 105 Å². The van der Waals surface area contributed by atoms with Crippen LogP contribution >= 0.6 is 0 Å². The maximum Gasteiger partial charge on any atom is 0.329 e. The van der Waals surface area contributed by atoms with E-state index in [-0.39, 0.29) is 12.3 Å². The van der Waals surface area contributed by atoms with Crippen LogP contribution in [-0.4, -0.2) is 35.5 Å². The zero-order valence-corrected chi connectivity index (χ0v) is 24.0. The number of nitrogens with two attached hydrogens (primary N) is 1. The van der Waals surface area contributed by atoms with Gasteiger partial charge < -0.3 is 21.1 Å². The lowest BCUT2D eigenvalue weighted by Gasteiger charge is -2.37. The molecule has 4 N–H and O–H groups in total. The summed E-state index contributed by atoms with van der Waals surface area (Å²) in [5.74, 6) is -1.39. The maximum atomic E-state index is 13.6. The Morgan fingerprint density at radius 3 is 1.57 bits per heavy atom. The summed E-state index contributed by atoms with van der Waals surface area (Å²) in [5, 5.41) is 5.93. The summed E-state index contributed by atoms with van der Waals surface area (Å²) in [6, 6.07) is 27.0. The standard InChI is InChI=1S/C33H41N3O4/c1-23(2)21-28(31(39)40-32(3,4)5)35-30(38)27(34)22-29(37)36-33(24-15-9-6-10-16-24,25-17-11-7-12-18-25)26-19-13-8-14-20-26/h6-20,23,27-28H,21-22,34H2,1-5H3,(H,35,38)(H,36,37)/t27-,28-/m0/s1. The maximum absolute atomic E-state index is 13.6. The van der Waals surface area contributed by atoms with Crippen molar-refractivity contribution in [3.63, 3.8) is 0 Å². The van der Waals surface area contributed by atoms with Gasteiger partial charge in [0.1, 0.15) is 17.2 Å². The Bertz CT molecular complexity index is 1160. The van der Waals surface area contributed by atoms with Crippen LogP contribution in [0.15, 0.2) is 91.0 Å². The molecular weight excluding hydrogens is 502 g/mol. The minimum Gasteiger partial charge on any atom is -0.458 e. The minimum atomic E-state index is -1.17. The highest BCUT2D eigenvalue weighted by Gasteiger charge is 2.38. The van der Waals surface area contributed by atoms with Gasteiger partial charge in [-0.15, -0.1) is 0 Å². The van der Waals surface area contributed by atoms with E-state index in [1.54, 1.807) is 20.8 Å². The first-order valence-electron chi connectivity index (χ1n) is 13.7. The van der Waals surface area contributed by atoms with Crippen molar-refractivity contribution in [3.05, 3.63) is 108 Å². The number of ether oxygens (including phenoxy) is 1. The van der Waals surface area contributed by atoms with Crippen molar-refractivity contribution in [2.45, 2.75) is 70.7 Å². The lowest BCUT2D eigenvalue weighted by molar-refractivity contribution is -0.159. The Labute approximate surface area is 237 Å². The van der Waals surface area contributed by atoms with Gasteiger partial charge in [0, 0.05) is 0 Å². The van der Waals surface area contributed by atoms with E-state index in [4.69, 9.17) is 10.5 Å². The number of amides is 2. The van der Waals surface area contributed by atoms with Crippen LogP contribution in [0.3, 0.4) is 0 Å². The molecule has 2 amide bonds. The Kier molecular flexibility index (Phi) is 10.2. The van der Waals surface area contributed by atoms with Crippen LogP contribution < -0.4 is 16.4 Å². The molecule has 0 spiro atoms. The van der Waals surface area contributed by atoms with Gasteiger partial charge >= 0.3 is 5.97 Å². The van der Waals surface area contributed by atoms with E-state index in [1.165, 1.54) is 0 Å². The largest absolute Gasteiger partial charge is 0.458 e. The van der Waals surface area contributed by atoms with Gasteiger partial charge in [0.25, 0.3) is 0 Å². The van der Waals surface area contributed by atoms with E-state index >= 15 is 0 Å². The number of carbonyl (C=O) groups excluding carboxylic acids is 3. The lowest BCUT2D eigenvalue weighted by Crippen LogP contribution is -2.53. The summed E-state index contributed by atoms with van der Waals surface area (Å²) in [5.41, 5.74) is 7.10. The molecule has 2 atom stereocenters. The fraction of sp³-hybridized carbons (Fsp3) is 0.364. The van der Waals surface area contributed by atoms with E-state index in [0.29, 0.717) is 6.42 Å². The van der Waals surface area contributed by atoms with Crippen LogP contribution in [0.1, 0.15) is 64.2 Å². The van der Waals surface area contributed by atoms with Gasteiger partial charge in [0.05, 0.1) is 12.5 Å². The molecule has 212 valence electrons. The van der Waals surface area contributed by atoms with Crippen LogP contribution in [0.25, 0.3) is 0 Å². The summed E-state index contributed by atoms with van der Waals surface area (Å²) in [4.78, 5) is 39.5. The highest BCUT2D eigenvalue weighted by atomic mass is 16.6. The van der Waals surface area contributed by atoms with Crippen molar-refractivity contribution in [1.29, 1.82) is 0 Å². The third kappa shape index (κ3) is 8.02. The summed E-state index contributed by atoms with van der Waals surface area (Å²) >= 11 is 0. The molecule has 0 unspecified atom stereocenters. The predicted molar refractivity (Wildman–Crippen MR) is 157 cm³/mol. The Morgan fingerprint density at radius 1 is 0.775 bits per heavy atom. The fourth-order valence-corrected chi connectivity index (χ4v) is 4.67. The number of hydrogen-bond donors (Lipinski definition) is 3. The average Bonchev–Trinajstić information content (AvgIpc) is 2.91. The molecule has 0 aliphatic carbocycles. The van der Waals surface area contributed by atoms with Crippen molar-refractivity contribution in [1.82, 2.24) is 10.6 Å². The number of carbonyl (C=O) groups is 3. The van der Waals surface area contributed by atoms with E-state index in [9.17, 15) is 14.4 Å². The molecule has 7 heteroatoms. The smallest absolute Gasteiger partial charge is 0.329 e. The van der Waals surface area contributed by atoms with Gasteiger partial charge in [0.2, 0.25) is 11.8 Å². The van der Waals surface area contributed by atoms with Gasteiger partial charge in [-0.3, -0.25) is 9.59 Å². The Morgan fingerprint density at radius 2 is 1.20 bits per heavy atom. The molecular formula is C33H41N3O4. The number of rotatable bonds is 11. The number of hydrogen-bond acceptors (Lipinski definition) is 5. The molecule has 3 aromatic rings. The molecule has 40 heavy (non-hydrogen) atoms. The molecule has 0 saturated carbocycles. The van der Waals surface area contributed by atoms with E-state index in [2.05, 4.69) is 10.6 Å². The topological polar surface area (TPSA) is 111 Å². The predicted octanol–water partition coefficient (Wildman–Crippen LogP) is 4.68. The SMILES string of the molecule is CC(C)C[C@H](NC(=O)[C@@H](N)CC(=O)NC(c1ccccc1)(c1ccccc1)c1ccccc1)C(=O)OC(C)(C)C. The van der Waals surface area contributed by atoms with E-state index in [0.717, 1.165) is 16.7 Å². The van der Waals surface area contributed by atoms with Crippen LogP contribution in [0.4, 0.5) is 0 Å². The minimum absolute atomic E-state index is 0.126. The summed E-state index contributed by atoms with van der Waals surface area (Å²) in [7, 11) is 0. The molecule has 3 rings (SSSR count). The quantitative estimate of drug-likeness (QED) is 0.240. The normalized spacial score (nSPS) is 13.3. The molecule has 7 nitrogen and oxygen atoms in total. The molecule has 0 saturated heterocycles. The number of nitrogens with one attached hydrogen (secondary N) is 2. The third-order valence-corrected chi connectivity index (χ3v) is 6.40. The lowest BCUT2D eigenvalue weighted by atomic mass is 9.77. The molecule has 0 aliphatic rings. The van der Waals surface area contributed by atoms with Crippen LogP contribution in [0.2, 0.25) is 0 Å². The first-order valence-corrected chi connectivity index (χ1v) is 13.7. The molecule has 0 aromatic heterocycles. The van der Waals surface area contributed by atoms with E-state index < -0.39 is 41.0 Å². The van der Waals surface area contributed by atoms with Crippen LogP contribution in [0.5, 0.6) is 0 Å². The highest BCUT2D eigenvalue weighted by molar-refractivity contribution is 5.91. The first-order chi connectivity index (χ1) is 18.9. The van der Waals surface area contributed by atoms with Crippen molar-refractivity contribution >= 4 is 17.8 Å². The molecule has 0 aliphatic heterocycles. The van der Waals surface area contributed by atoms with Gasteiger partial charge in [-0.2, -0.15) is 0 Å². The van der Waals surface area contributed by atoms with Crippen LogP contribution in [-0.2, 0) is 24.7 Å². The first kappa shape index (κ1) is 30.6. The zero-order chi connectivity index (χ0) is 29.3. The molecule has 0 fully saturated rings. The molecule has 0 bridgehead atoms. The average molecular weight is 544 g/mol. The van der Waals surface area contributed by atoms with Gasteiger partial charge in [-0.1, -0.05) is 105 Å². The van der Waals surface area contributed by atoms with Crippen molar-refractivity contribution < 1.29 is 19.1 Å². The fourth-order valence-electron chi connectivity index (χ4n) is 4.67. The van der Waals surface area contributed by atoms with Crippen molar-refractivity contribution in [3.8, 4) is 0 Å². The summed E-state index contributed by atoms with van der Waals surface area (Å²) in [6.45, 7) is 9.22. The monoisotopic (exact) mass is 543 g/mol. The van der Waals surface area contributed by atoms with Crippen molar-refractivity contribution in [2.24, 2.45) is 11.7 Å². The Hall–Kier alpha value is -3.97. The second-order valence-electron chi connectivity index (χ2n) is 11.4. The van der Waals surface area contributed by atoms with Gasteiger partial charge in [0.15, 0.2) is 0 Å². The van der Waals surface area contributed by atoms with Crippen LogP contribution in [0, 0.1) is 5.92 Å². The summed E-state index contributed by atoms with van der Waals surface area (Å²) in [6.07, 6.45) is 0.113. The molecule has 0 heterocycles. The molecule has 0 radical (unpaired) electrons. The molecule has 3 aromatic carbocycles. The van der Waals surface area contributed by atoms with Gasteiger partial charge in [-0.05, 0) is 49.8 Å². The van der Waals surface area contributed by atoms with Gasteiger partial charge in [-0.25, -0.2) is 4.79 Å². The van der Waals surface area contributed by atoms with Crippen molar-refractivity contribution in [2.75, 3.05) is 0 Å².